The van der Waals surface area contributed by atoms with Crippen molar-refractivity contribution in [2.24, 2.45) is 5.41 Å². The van der Waals surface area contributed by atoms with Gasteiger partial charge in [-0.05, 0) is 18.2 Å². The minimum atomic E-state index is -1.43. The molecule has 5 nitrogen and oxygen atoms in total. The lowest BCUT2D eigenvalue weighted by Gasteiger charge is -2.38. The average molecular weight is 314 g/mol. The Morgan fingerprint density at radius 2 is 2.11 bits per heavy atom. The average Bonchev–Trinajstić information content (AvgIpc) is 2.25. The van der Waals surface area contributed by atoms with Crippen molar-refractivity contribution in [2.45, 2.75) is 0 Å². The summed E-state index contributed by atoms with van der Waals surface area (Å²) in [6.45, 7) is -0.140. The lowest BCUT2D eigenvalue weighted by Crippen LogP contribution is -2.59. The Bertz CT molecular complexity index is 499. The second-order valence-electron chi connectivity index (χ2n) is 4.22. The number of halogens is 1. The van der Waals surface area contributed by atoms with E-state index in [0.717, 1.165) is 4.47 Å². The monoisotopic (exact) mass is 313 g/mol. The van der Waals surface area contributed by atoms with Crippen molar-refractivity contribution in [1.82, 2.24) is 0 Å². The minimum Gasteiger partial charge on any atom is -0.480 e. The van der Waals surface area contributed by atoms with Gasteiger partial charge in [-0.3, -0.25) is 9.59 Å². The number of rotatable bonds is 3. The van der Waals surface area contributed by atoms with Gasteiger partial charge in [0.25, 0.3) is 0 Å². The molecule has 2 rings (SSSR count). The van der Waals surface area contributed by atoms with E-state index in [1.165, 1.54) is 4.90 Å². The van der Waals surface area contributed by atoms with Gasteiger partial charge in [-0.15, -0.1) is 0 Å². The molecular weight excluding hydrogens is 302 g/mol. The van der Waals surface area contributed by atoms with Crippen LogP contribution in [-0.2, 0) is 14.3 Å². The zero-order valence-corrected chi connectivity index (χ0v) is 11.3. The van der Waals surface area contributed by atoms with Crippen molar-refractivity contribution in [2.75, 3.05) is 25.2 Å². The molecule has 1 aliphatic heterocycles. The summed E-state index contributed by atoms with van der Waals surface area (Å²) in [6.07, 6.45) is 0. The molecule has 18 heavy (non-hydrogen) atoms. The van der Waals surface area contributed by atoms with E-state index in [2.05, 4.69) is 15.9 Å². The summed E-state index contributed by atoms with van der Waals surface area (Å²) in [4.78, 5) is 24.8. The Balaban J connectivity index is 2.26. The molecule has 1 N–H and O–H groups in total. The Hall–Kier alpha value is -1.40. The molecular formula is C12H12BrNO4. The van der Waals surface area contributed by atoms with Gasteiger partial charge < -0.3 is 14.7 Å². The maximum Gasteiger partial charge on any atom is 0.324 e. The molecule has 0 saturated carbocycles. The Morgan fingerprint density at radius 3 is 2.56 bits per heavy atom. The molecule has 0 aliphatic carbocycles. The maximum absolute atomic E-state index is 12.3. The molecule has 1 saturated heterocycles. The lowest BCUT2D eigenvalue weighted by molar-refractivity contribution is -0.183. The Labute approximate surface area is 112 Å². The Kier molecular flexibility index (Phi) is 3.41. The van der Waals surface area contributed by atoms with Crippen LogP contribution in [0.1, 0.15) is 0 Å². The quantitative estimate of drug-likeness (QED) is 0.859. The second-order valence-corrected chi connectivity index (χ2v) is 5.14. The summed E-state index contributed by atoms with van der Waals surface area (Å²) in [7, 11) is 1.56. The van der Waals surface area contributed by atoms with Crippen LogP contribution in [0.15, 0.2) is 28.7 Å². The summed E-state index contributed by atoms with van der Waals surface area (Å²) >= 11 is 3.31. The summed E-state index contributed by atoms with van der Waals surface area (Å²) < 4.78 is 5.72. The number of carboxylic acids is 1. The van der Waals surface area contributed by atoms with Gasteiger partial charge in [0.1, 0.15) is 0 Å². The third kappa shape index (κ3) is 2.02. The predicted molar refractivity (Wildman–Crippen MR) is 68.4 cm³/mol. The molecule has 1 aromatic rings. The zero-order valence-electron chi connectivity index (χ0n) is 9.72. The van der Waals surface area contributed by atoms with Gasteiger partial charge in [-0.25, -0.2) is 0 Å². The molecule has 1 fully saturated rings. The van der Waals surface area contributed by atoms with Crippen molar-refractivity contribution in [3.63, 3.8) is 0 Å². The number of carbonyl (C=O) groups excluding carboxylic acids is 1. The van der Waals surface area contributed by atoms with E-state index in [0.29, 0.717) is 5.69 Å². The SMILES string of the molecule is CN(C(=O)C1(C(=O)O)COC1)c1cccc(Br)c1. The van der Waals surface area contributed by atoms with Crippen molar-refractivity contribution in [3.05, 3.63) is 28.7 Å². The normalized spacial score (nSPS) is 16.8. The summed E-state index contributed by atoms with van der Waals surface area (Å²) in [6, 6.07) is 7.12. The number of hydrogen-bond donors (Lipinski definition) is 1. The van der Waals surface area contributed by atoms with E-state index in [9.17, 15) is 9.59 Å². The third-order valence-electron chi connectivity index (χ3n) is 3.02. The van der Waals surface area contributed by atoms with Crippen LogP contribution in [0.5, 0.6) is 0 Å². The molecule has 0 aromatic heterocycles. The fraction of sp³-hybridized carbons (Fsp3) is 0.333. The number of benzene rings is 1. The molecule has 96 valence electrons. The van der Waals surface area contributed by atoms with Gasteiger partial charge >= 0.3 is 5.97 Å². The van der Waals surface area contributed by atoms with Crippen molar-refractivity contribution in [3.8, 4) is 0 Å². The fourth-order valence-corrected chi connectivity index (χ4v) is 2.15. The highest BCUT2D eigenvalue weighted by Gasteiger charge is 2.54. The number of ether oxygens (including phenoxy) is 1. The molecule has 0 bridgehead atoms. The molecule has 0 radical (unpaired) electrons. The lowest BCUT2D eigenvalue weighted by atomic mass is 9.84. The number of carboxylic acid groups (broad SMARTS) is 1. The van der Waals surface area contributed by atoms with Gasteiger partial charge in [0.15, 0.2) is 5.41 Å². The second kappa shape index (κ2) is 4.70. The summed E-state index contributed by atoms with van der Waals surface area (Å²) in [5.74, 6) is -1.60. The smallest absolute Gasteiger partial charge is 0.324 e. The first-order chi connectivity index (χ1) is 8.47. The molecule has 0 spiro atoms. The molecule has 0 atom stereocenters. The molecule has 1 aromatic carbocycles. The summed E-state index contributed by atoms with van der Waals surface area (Å²) in [5.41, 5.74) is -0.793. The zero-order chi connectivity index (χ0) is 13.3. The van der Waals surface area contributed by atoms with Crippen LogP contribution in [0.25, 0.3) is 0 Å². The predicted octanol–water partition coefficient (Wildman–Crippen LogP) is 1.51. The minimum absolute atomic E-state index is 0.0699. The van der Waals surface area contributed by atoms with Gasteiger partial charge in [0, 0.05) is 17.2 Å². The van der Waals surface area contributed by atoms with E-state index in [4.69, 9.17) is 9.84 Å². The number of anilines is 1. The van der Waals surface area contributed by atoms with Gasteiger partial charge in [-0.1, -0.05) is 22.0 Å². The first-order valence-corrected chi connectivity index (χ1v) is 6.11. The molecule has 1 aliphatic rings. The highest BCUT2D eigenvalue weighted by atomic mass is 79.9. The number of carbonyl (C=O) groups is 2. The van der Waals surface area contributed by atoms with E-state index in [1.54, 1.807) is 25.2 Å². The molecule has 0 unspecified atom stereocenters. The van der Waals surface area contributed by atoms with Crippen LogP contribution < -0.4 is 4.90 Å². The van der Waals surface area contributed by atoms with Gasteiger partial charge in [-0.2, -0.15) is 0 Å². The first kappa shape index (κ1) is 13.0. The van der Waals surface area contributed by atoms with E-state index in [-0.39, 0.29) is 13.2 Å². The summed E-state index contributed by atoms with van der Waals surface area (Å²) in [5, 5.41) is 9.17. The van der Waals surface area contributed by atoms with Crippen LogP contribution in [0.3, 0.4) is 0 Å². The fourth-order valence-electron chi connectivity index (χ4n) is 1.77. The number of amides is 1. The Morgan fingerprint density at radius 1 is 1.44 bits per heavy atom. The van der Waals surface area contributed by atoms with Crippen molar-refractivity contribution >= 4 is 33.5 Å². The van der Waals surface area contributed by atoms with Crippen molar-refractivity contribution in [1.29, 1.82) is 0 Å². The van der Waals surface area contributed by atoms with Crippen LogP contribution >= 0.6 is 15.9 Å². The number of nitrogens with zero attached hydrogens (tertiary/aromatic N) is 1. The van der Waals surface area contributed by atoms with Gasteiger partial charge in [0.05, 0.1) is 13.2 Å². The highest BCUT2D eigenvalue weighted by molar-refractivity contribution is 9.10. The largest absolute Gasteiger partial charge is 0.480 e. The third-order valence-corrected chi connectivity index (χ3v) is 3.51. The van der Waals surface area contributed by atoms with Gasteiger partial charge in [0.2, 0.25) is 5.91 Å². The topological polar surface area (TPSA) is 66.8 Å². The standard InChI is InChI=1S/C12H12BrNO4/c1-14(9-4-2-3-8(13)5-9)10(15)12(11(16)17)6-18-7-12/h2-5H,6-7H2,1H3,(H,16,17). The number of aliphatic carboxylic acids is 1. The van der Waals surface area contributed by atoms with E-state index in [1.807, 2.05) is 6.07 Å². The van der Waals surface area contributed by atoms with E-state index < -0.39 is 17.3 Å². The molecule has 6 heteroatoms. The highest BCUT2D eigenvalue weighted by Crippen LogP contribution is 2.32. The van der Waals surface area contributed by atoms with Crippen LogP contribution in [0, 0.1) is 5.41 Å². The van der Waals surface area contributed by atoms with Crippen LogP contribution in [0.4, 0.5) is 5.69 Å². The number of hydrogen-bond acceptors (Lipinski definition) is 3. The van der Waals surface area contributed by atoms with Crippen LogP contribution in [-0.4, -0.2) is 37.2 Å². The maximum atomic E-state index is 12.3. The molecule has 1 amide bonds. The van der Waals surface area contributed by atoms with E-state index >= 15 is 0 Å². The van der Waals surface area contributed by atoms with Crippen LogP contribution in [0.2, 0.25) is 0 Å². The van der Waals surface area contributed by atoms with Crippen molar-refractivity contribution < 1.29 is 19.4 Å². The molecule has 1 heterocycles. The first-order valence-electron chi connectivity index (χ1n) is 5.32.